The summed E-state index contributed by atoms with van der Waals surface area (Å²) < 4.78 is 2.03. The SMILES string of the molecule is CCN(CC)CCCNC(=O)Cc1c(C)nc2c(C)cccn12. The first-order chi connectivity index (χ1) is 11.1. The molecule has 0 fully saturated rings. The van der Waals surface area contributed by atoms with Crippen LogP contribution in [0.25, 0.3) is 5.65 Å². The van der Waals surface area contributed by atoms with Crippen molar-refractivity contribution in [2.75, 3.05) is 26.2 Å². The maximum atomic E-state index is 12.2. The molecule has 0 spiro atoms. The predicted octanol–water partition coefficient (Wildman–Crippen LogP) is 2.34. The standard InChI is InChI=1S/C18H28N4O/c1-5-21(6-2)11-8-10-19-17(23)13-16-15(4)20-18-14(3)9-7-12-22(16)18/h7,9,12H,5-6,8,10-11,13H2,1-4H3,(H,19,23). The van der Waals surface area contributed by atoms with Gasteiger partial charge < -0.3 is 14.6 Å². The largest absolute Gasteiger partial charge is 0.356 e. The van der Waals surface area contributed by atoms with Crippen molar-refractivity contribution in [1.82, 2.24) is 19.6 Å². The molecule has 0 aliphatic carbocycles. The fraction of sp³-hybridized carbons (Fsp3) is 0.556. The molecule has 0 saturated heterocycles. The third-order valence-electron chi connectivity index (χ3n) is 4.34. The number of imidazole rings is 1. The van der Waals surface area contributed by atoms with Gasteiger partial charge in [-0.2, -0.15) is 0 Å². The van der Waals surface area contributed by atoms with E-state index in [0.717, 1.165) is 55.2 Å². The molecule has 5 nitrogen and oxygen atoms in total. The van der Waals surface area contributed by atoms with Crippen LogP contribution in [0.1, 0.15) is 37.2 Å². The summed E-state index contributed by atoms with van der Waals surface area (Å²) in [5.74, 6) is 0.0657. The topological polar surface area (TPSA) is 49.6 Å². The van der Waals surface area contributed by atoms with Gasteiger partial charge in [0.05, 0.1) is 17.8 Å². The molecule has 0 aliphatic rings. The lowest BCUT2D eigenvalue weighted by Crippen LogP contribution is -2.31. The number of amides is 1. The van der Waals surface area contributed by atoms with Crippen LogP contribution in [0.2, 0.25) is 0 Å². The van der Waals surface area contributed by atoms with Gasteiger partial charge in [0.1, 0.15) is 5.65 Å². The van der Waals surface area contributed by atoms with Crippen molar-refractivity contribution < 1.29 is 4.79 Å². The summed E-state index contributed by atoms with van der Waals surface area (Å²) in [7, 11) is 0. The van der Waals surface area contributed by atoms with Crippen LogP contribution in [-0.4, -0.2) is 46.4 Å². The summed E-state index contributed by atoms with van der Waals surface area (Å²) in [6.45, 7) is 12.2. The number of nitrogens with zero attached hydrogens (tertiary/aromatic N) is 3. The summed E-state index contributed by atoms with van der Waals surface area (Å²) in [4.78, 5) is 19.2. The highest BCUT2D eigenvalue weighted by molar-refractivity contribution is 5.78. The van der Waals surface area contributed by atoms with Gasteiger partial charge in [0.25, 0.3) is 0 Å². The number of fused-ring (bicyclic) bond motifs is 1. The molecular weight excluding hydrogens is 288 g/mol. The molecule has 2 aromatic rings. The molecule has 2 rings (SSSR count). The minimum Gasteiger partial charge on any atom is -0.356 e. The number of hydrogen-bond acceptors (Lipinski definition) is 3. The van der Waals surface area contributed by atoms with Crippen LogP contribution >= 0.6 is 0 Å². The maximum Gasteiger partial charge on any atom is 0.226 e. The molecule has 1 N–H and O–H groups in total. The fourth-order valence-electron chi connectivity index (χ4n) is 2.86. The molecule has 2 aromatic heterocycles. The zero-order valence-electron chi connectivity index (χ0n) is 14.7. The van der Waals surface area contributed by atoms with Gasteiger partial charge in [-0.1, -0.05) is 19.9 Å². The van der Waals surface area contributed by atoms with Crippen molar-refractivity contribution in [2.45, 2.75) is 40.5 Å². The Kier molecular flexibility index (Phi) is 6.16. The molecule has 0 unspecified atom stereocenters. The Morgan fingerprint density at radius 3 is 2.74 bits per heavy atom. The van der Waals surface area contributed by atoms with Crippen molar-refractivity contribution in [3.63, 3.8) is 0 Å². The Hall–Kier alpha value is -1.88. The number of rotatable bonds is 8. The summed E-state index contributed by atoms with van der Waals surface area (Å²) >= 11 is 0. The van der Waals surface area contributed by atoms with Crippen molar-refractivity contribution in [3.05, 3.63) is 35.3 Å². The number of hydrogen-bond donors (Lipinski definition) is 1. The van der Waals surface area contributed by atoms with Gasteiger partial charge in [-0.05, 0) is 51.5 Å². The molecule has 126 valence electrons. The van der Waals surface area contributed by atoms with Crippen LogP contribution in [0.15, 0.2) is 18.3 Å². The lowest BCUT2D eigenvalue weighted by Gasteiger charge is -2.17. The molecule has 0 aromatic carbocycles. The number of carbonyl (C=O) groups excluding carboxylic acids is 1. The van der Waals surface area contributed by atoms with E-state index in [2.05, 4.69) is 29.0 Å². The average Bonchev–Trinajstić information content (AvgIpc) is 2.85. The smallest absolute Gasteiger partial charge is 0.226 e. The van der Waals surface area contributed by atoms with E-state index < -0.39 is 0 Å². The minimum atomic E-state index is 0.0657. The Morgan fingerprint density at radius 2 is 2.04 bits per heavy atom. The van der Waals surface area contributed by atoms with Gasteiger partial charge in [-0.25, -0.2) is 4.98 Å². The van der Waals surface area contributed by atoms with Crippen molar-refractivity contribution in [2.24, 2.45) is 0 Å². The molecular formula is C18H28N4O. The van der Waals surface area contributed by atoms with Gasteiger partial charge in [-0.15, -0.1) is 0 Å². The van der Waals surface area contributed by atoms with Crippen LogP contribution in [0.5, 0.6) is 0 Å². The van der Waals surface area contributed by atoms with Gasteiger partial charge in [0.2, 0.25) is 5.91 Å². The molecule has 23 heavy (non-hydrogen) atoms. The van der Waals surface area contributed by atoms with Crippen LogP contribution in [0.3, 0.4) is 0 Å². The van der Waals surface area contributed by atoms with E-state index in [1.54, 1.807) is 0 Å². The molecule has 0 aliphatic heterocycles. The second kappa shape index (κ2) is 8.11. The summed E-state index contributed by atoms with van der Waals surface area (Å²) in [5, 5.41) is 3.02. The third kappa shape index (κ3) is 4.32. The highest BCUT2D eigenvalue weighted by Crippen LogP contribution is 2.15. The Bertz CT molecular complexity index is 658. The maximum absolute atomic E-state index is 12.2. The van der Waals surface area contributed by atoms with Crippen LogP contribution in [0.4, 0.5) is 0 Å². The molecule has 0 saturated carbocycles. The zero-order valence-corrected chi connectivity index (χ0v) is 14.7. The lowest BCUT2D eigenvalue weighted by molar-refractivity contribution is -0.120. The fourth-order valence-corrected chi connectivity index (χ4v) is 2.86. The van der Waals surface area contributed by atoms with E-state index in [-0.39, 0.29) is 5.91 Å². The first kappa shape index (κ1) is 17.5. The van der Waals surface area contributed by atoms with Crippen LogP contribution in [0, 0.1) is 13.8 Å². The number of aromatic nitrogens is 2. The highest BCUT2D eigenvalue weighted by atomic mass is 16.1. The lowest BCUT2D eigenvalue weighted by atomic mass is 10.2. The second-order valence-electron chi connectivity index (χ2n) is 5.94. The first-order valence-corrected chi connectivity index (χ1v) is 8.49. The number of aryl methyl sites for hydroxylation is 2. The Morgan fingerprint density at radius 1 is 1.30 bits per heavy atom. The quantitative estimate of drug-likeness (QED) is 0.761. The van der Waals surface area contributed by atoms with E-state index in [1.807, 2.05) is 36.6 Å². The van der Waals surface area contributed by atoms with E-state index in [9.17, 15) is 4.79 Å². The molecule has 5 heteroatoms. The van der Waals surface area contributed by atoms with Crippen molar-refractivity contribution >= 4 is 11.6 Å². The highest BCUT2D eigenvalue weighted by Gasteiger charge is 2.13. The predicted molar refractivity (Wildman–Crippen MR) is 93.8 cm³/mol. The van der Waals surface area contributed by atoms with Crippen molar-refractivity contribution in [3.8, 4) is 0 Å². The molecule has 1 amide bonds. The molecule has 0 atom stereocenters. The zero-order chi connectivity index (χ0) is 16.8. The average molecular weight is 316 g/mol. The van der Waals surface area contributed by atoms with Crippen LogP contribution in [-0.2, 0) is 11.2 Å². The van der Waals surface area contributed by atoms with Crippen LogP contribution < -0.4 is 5.32 Å². The van der Waals surface area contributed by atoms with Gasteiger partial charge in [-0.3, -0.25) is 4.79 Å². The molecule has 2 heterocycles. The Balaban J connectivity index is 1.91. The van der Waals surface area contributed by atoms with Crippen molar-refractivity contribution in [1.29, 1.82) is 0 Å². The monoisotopic (exact) mass is 316 g/mol. The Labute approximate surface area is 138 Å². The van der Waals surface area contributed by atoms with Gasteiger partial charge in [0, 0.05) is 12.7 Å². The summed E-state index contributed by atoms with van der Waals surface area (Å²) in [6.07, 6.45) is 3.34. The van der Waals surface area contributed by atoms with E-state index in [4.69, 9.17) is 0 Å². The van der Waals surface area contributed by atoms with E-state index >= 15 is 0 Å². The molecule has 0 radical (unpaired) electrons. The number of carbonyl (C=O) groups is 1. The number of nitrogens with one attached hydrogen (secondary N) is 1. The number of pyridine rings is 1. The van der Waals surface area contributed by atoms with E-state index in [0.29, 0.717) is 6.42 Å². The third-order valence-corrected chi connectivity index (χ3v) is 4.34. The molecule has 0 bridgehead atoms. The van der Waals surface area contributed by atoms with Gasteiger partial charge >= 0.3 is 0 Å². The van der Waals surface area contributed by atoms with E-state index in [1.165, 1.54) is 0 Å². The summed E-state index contributed by atoms with van der Waals surface area (Å²) in [5.41, 5.74) is 3.97. The van der Waals surface area contributed by atoms with Gasteiger partial charge in [0.15, 0.2) is 0 Å². The summed E-state index contributed by atoms with van der Waals surface area (Å²) in [6, 6.07) is 4.04. The normalized spacial score (nSPS) is 11.3. The first-order valence-electron chi connectivity index (χ1n) is 8.49. The minimum absolute atomic E-state index is 0.0657. The second-order valence-corrected chi connectivity index (χ2v) is 5.94.